The van der Waals surface area contributed by atoms with E-state index in [-0.39, 0.29) is 5.41 Å². The highest BCUT2D eigenvalue weighted by atomic mass is 16.3. The minimum absolute atomic E-state index is 0.0513. The second-order valence-corrected chi connectivity index (χ2v) is 10.3. The zero-order chi connectivity index (χ0) is 23.2. The van der Waals surface area contributed by atoms with E-state index in [1.807, 2.05) is 24.3 Å². The average molecular weight is 451 g/mol. The van der Waals surface area contributed by atoms with Gasteiger partial charge in [0.25, 0.3) is 0 Å². The summed E-state index contributed by atoms with van der Waals surface area (Å²) in [5.74, 6) is 0.659. The van der Waals surface area contributed by atoms with Gasteiger partial charge in [-0.3, -0.25) is 0 Å². The molecule has 2 N–H and O–H groups in total. The summed E-state index contributed by atoms with van der Waals surface area (Å²) in [6, 6.07) is 15.8. The maximum atomic E-state index is 9.93. The van der Waals surface area contributed by atoms with Crippen LogP contribution in [0.15, 0.2) is 48.5 Å². The lowest BCUT2D eigenvalue weighted by Crippen LogP contribution is -2.28. The van der Waals surface area contributed by atoms with Gasteiger partial charge in [0.2, 0.25) is 0 Å². The van der Waals surface area contributed by atoms with Crippen LogP contribution in [0.3, 0.4) is 0 Å². The molecule has 0 unspecified atom stereocenters. The van der Waals surface area contributed by atoms with E-state index < -0.39 is 0 Å². The highest BCUT2D eigenvalue weighted by molar-refractivity contribution is 5.43. The Morgan fingerprint density at radius 3 is 0.879 bits per heavy atom. The van der Waals surface area contributed by atoms with Crippen LogP contribution in [0.4, 0.5) is 0 Å². The Bertz CT molecular complexity index is 695. The van der Waals surface area contributed by atoms with Gasteiger partial charge in [0, 0.05) is 5.41 Å². The number of aromatic hydroxyl groups is 2. The first kappa shape index (κ1) is 25.7. The summed E-state index contributed by atoms with van der Waals surface area (Å²) in [7, 11) is 0. The zero-order valence-electron chi connectivity index (χ0n) is 20.7. The van der Waals surface area contributed by atoms with Crippen molar-refractivity contribution in [1.82, 2.24) is 0 Å². The fourth-order valence-corrected chi connectivity index (χ4v) is 5.76. The molecule has 0 aliphatic heterocycles. The van der Waals surface area contributed by atoms with E-state index >= 15 is 0 Å². The Labute approximate surface area is 202 Å². The molecule has 0 spiro atoms. The molecule has 1 aliphatic carbocycles. The van der Waals surface area contributed by atoms with E-state index in [1.54, 1.807) is 0 Å². The predicted molar refractivity (Wildman–Crippen MR) is 140 cm³/mol. The molecule has 2 heteroatoms. The lowest BCUT2D eigenvalue weighted by atomic mass is 9.68. The molecule has 3 rings (SSSR count). The van der Waals surface area contributed by atoms with Gasteiger partial charge in [0.15, 0.2) is 0 Å². The molecule has 2 aromatic rings. The number of hydrogen-bond acceptors (Lipinski definition) is 2. The van der Waals surface area contributed by atoms with Gasteiger partial charge in [-0.05, 0) is 48.2 Å². The maximum Gasteiger partial charge on any atom is 0.115 e. The second-order valence-electron chi connectivity index (χ2n) is 10.3. The van der Waals surface area contributed by atoms with E-state index in [0.717, 1.165) is 12.8 Å². The molecule has 2 aromatic carbocycles. The molecular weight excluding hydrogens is 404 g/mol. The molecule has 0 heterocycles. The van der Waals surface area contributed by atoms with Crippen LogP contribution in [0, 0.1) is 0 Å². The van der Waals surface area contributed by atoms with Crippen LogP contribution in [-0.4, -0.2) is 10.2 Å². The molecular formula is C31H46O2. The average Bonchev–Trinajstić information content (AvgIpc) is 2.83. The van der Waals surface area contributed by atoms with Crippen LogP contribution < -0.4 is 0 Å². The van der Waals surface area contributed by atoms with Crippen molar-refractivity contribution in [3.63, 3.8) is 0 Å². The van der Waals surface area contributed by atoms with Gasteiger partial charge in [-0.25, -0.2) is 0 Å². The van der Waals surface area contributed by atoms with Crippen molar-refractivity contribution >= 4 is 0 Å². The van der Waals surface area contributed by atoms with Crippen LogP contribution in [0.5, 0.6) is 11.5 Å². The SMILES string of the molecule is Oc1ccc(C2(c3ccc(O)cc3)CCCCCCCCCCCCCCCCCC2)cc1. The largest absolute Gasteiger partial charge is 0.508 e. The van der Waals surface area contributed by atoms with Gasteiger partial charge in [0.05, 0.1) is 0 Å². The molecule has 0 amide bonds. The number of benzene rings is 2. The summed E-state index contributed by atoms with van der Waals surface area (Å²) in [5.41, 5.74) is 2.55. The van der Waals surface area contributed by atoms with E-state index in [4.69, 9.17) is 0 Å². The first-order valence-electron chi connectivity index (χ1n) is 13.8. The monoisotopic (exact) mass is 450 g/mol. The third-order valence-electron chi connectivity index (χ3n) is 7.80. The smallest absolute Gasteiger partial charge is 0.115 e. The molecule has 0 atom stereocenters. The van der Waals surface area contributed by atoms with E-state index in [9.17, 15) is 10.2 Å². The number of phenols is 2. The molecule has 2 nitrogen and oxygen atoms in total. The number of phenolic OH excluding ortho intramolecular Hbond substituents is 2. The van der Waals surface area contributed by atoms with Gasteiger partial charge >= 0.3 is 0 Å². The van der Waals surface area contributed by atoms with Crippen molar-refractivity contribution in [2.24, 2.45) is 0 Å². The molecule has 0 aromatic heterocycles. The third-order valence-corrected chi connectivity index (χ3v) is 7.80. The number of rotatable bonds is 2. The molecule has 0 radical (unpaired) electrons. The fourth-order valence-electron chi connectivity index (χ4n) is 5.76. The summed E-state index contributed by atoms with van der Waals surface area (Å²) < 4.78 is 0. The van der Waals surface area contributed by atoms with Crippen molar-refractivity contribution in [1.29, 1.82) is 0 Å². The minimum Gasteiger partial charge on any atom is -0.508 e. The van der Waals surface area contributed by atoms with Gasteiger partial charge in [-0.15, -0.1) is 0 Å². The van der Waals surface area contributed by atoms with Crippen molar-refractivity contribution in [2.75, 3.05) is 0 Å². The Morgan fingerprint density at radius 2 is 0.606 bits per heavy atom. The van der Waals surface area contributed by atoms with E-state index in [2.05, 4.69) is 24.3 Å². The lowest BCUT2D eigenvalue weighted by molar-refractivity contribution is 0.388. The Kier molecular flexibility index (Phi) is 11.1. The van der Waals surface area contributed by atoms with E-state index in [1.165, 1.54) is 114 Å². The lowest BCUT2D eigenvalue weighted by Gasteiger charge is -2.36. The number of hydrogen-bond donors (Lipinski definition) is 2. The molecule has 1 fully saturated rings. The summed E-state index contributed by atoms with van der Waals surface area (Å²) in [6.07, 6.45) is 24.0. The highest BCUT2D eigenvalue weighted by Crippen LogP contribution is 2.43. The Balaban J connectivity index is 1.78. The van der Waals surface area contributed by atoms with Crippen molar-refractivity contribution < 1.29 is 10.2 Å². The molecule has 0 bridgehead atoms. The van der Waals surface area contributed by atoms with Gasteiger partial charge < -0.3 is 10.2 Å². The van der Waals surface area contributed by atoms with Crippen molar-refractivity contribution in [2.45, 2.75) is 121 Å². The maximum absolute atomic E-state index is 9.93. The Hall–Kier alpha value is -1.96. The third kappa shape index (κ3) is 8.40. The summed E-state index contributed by atoms with van der Waals surface area (Å²) >= 11 is 0. The van der Waals surface area contributed by atoms with Gasteiger partial charge in [0.1, 0.15) is 11.5 Å². The molecule has 182 valence electrons. The first-order chi connectivity index (χ1) is 16.2. The van der Waals surface area contributed by atoms with E-state index in [0.29, 0.717) is 11.5 Å². The van der Waals surface area contributed by atoms with Crippen LogP contribution in [-0.2, 0) is 5.41 Å². The van der Waals surface area contributed by atoms with Crippen LogP contribution in [0.1, 0.15) is 127 Å². The zero-order valence-corrected chi connectivity index (χ0v) is 20.7. The molecule has 1 aliphatic rings. The molecule has 1 saturated carbocycles. The predicted octanol–water partition coefficient (Wildman–Crippen LogP) is 9.42. The van der Waals surface area contributed by atoms with Crippen molar-refractivity contribution in [3.05, 3.63) is 59.7 Å². The quantitative estimate of drug-likeness (QED) is 0.478. The summed E-state index contributed by atoms with van der Waals surface area (Å²) in [5, 5.41) is 19.9. The van der Waals surface area contributed by atoms with Gasteiger partial charge in [-0.2, -0.15) is 0 Å². The van der Waals surface area contributed by atoms with Crippen LogP contribution in [0.25, 0.3) is 0 Å². The minimum atomic E-state index is -0.0513. The van der Waals surface area contributed by atoms with Gasteiger partial charge in [-0.1, -0.05) is 127 Å². The second kappa shape index (κ2) is 14.3. The topological polar surface area (TPSA) is 40.5 Å². The van der Waals surface area contributed by atoms with Crippen LogP contribution >= 0.6 is 0 Å². The highest BCUT2D eigenvalue weighted by Gasteiger charge is 2.33. The molecule has 33 heavy (non-hydrogen) atoms. The van der Waals surface area contributed by atoms with Crippen molar-refractivity contribution in [3.8, 4) is 11.5 Å². The summed E-state index contributed by atoms with van der Waals surface area (Å²) in [6.45, 7) is 0. The standard InChI is InChI=1S/C31H46O2/c32-29-21-17-27(18-22-29)31(28-19-23-30(33)24-20-28)25-15-13-11-9-7-5-3-1-2-4-6-8-10-12-14-16-26-31/h17-24,32-33H,1-16,25-26H2. The first-order valence-corrected chi connectivity index (χ1v) is 13.8. The Morgan fingerprint density at radius 1 is 0.364 bits per heavy atom. The van der Waals surface area contributed by atoms with Crippen LogP contribution in [0.2, 0.25) is 0 Å². The molecule has 0 saturated heterocycles. The normalized spacial score (nSPS) is 20.2. The fraction of sp³-hybridized carbons (Fsp3) is 0.613. The summed E-state index contributed by atoms with van der Waals surface area (Å²) in [4.78, 5) is 0.